The fourth-order valence-electron chi connectivity index (χ4n) is 5.22. The molecule has 0 bridgehead atoms. The van der Waals surface area contributed by atoms with Gasteiger partial charge in [-0.2, -0.15) is 0 Å². The van der Waals surface area contributed by atoms with Crippen molar-refractivity contribution in [2.45, 2.75) is 37.3 Å². The van der Waals surface area contributed by atoms with Crippen LogP contribution in [0.1, 0.15) is 52.7 Å². The standard InChI is InChI=1S/C27H33N3O4/c1-33-21-7-4-6-19(18-21)25-24(26(31)28-12-5-13-29-14-16-34-17-15-29)22-8-2-3-9-23(22)27(32)30(25)20-10-11-20/h2-4,6-9,18,20,24-25H,5,10-17H2,1H3,(H,28,31)/t24-,25-/m1/s1. The highest BCUT2D eigenvalue weighted by atomic mass is 16.5. The number of hydrogen-bond acceptors (Lipinski definition) is 5. The summed E-state index contributed by atoms with van der Waals surface area (Å²) in [6.07, 6.45) is 2.83. The minimum atomic E-state index is -0.468. The molecule has 34 heavy (non-hydrogen) atoms. The molecule has 7 heteroatoms. The number of fused-ring (bicyclic) bond motifs is 1. The van der Waals surface area contributed by atoms with Gasteiger partial charge in [-0.15, -0.1) is 0 Å². The molecule has 2 fully saturated rings. The first-order valence-electron chi connectivity index (χ1n) is 12.3. The summed E-state index contributed by atoms with van der Waals surface area (Å²) in [4.78, 5) is 31.6. The molecule has 7 nitrogen and oxygen atoms in total. The van der Waals surface area contributed by atoms with E-state index in [1.807, 2.05) is 53.4 Å². The number of nitrogens with one attached hydrogen (secondary N) is 1. The predicted molar refractivity (Wildman–Crippen MR) is 129 cm³/mol. The molecule has 1 saturated carbocycles. The first-order chi connectivity index (χ1) is 16.7. The lowest BCUT2D eigenvalue weighted by molar-refractivity contribution is -0.124. The maximum absolute atomic E-state index is 13.7. The van der Waals surface area contributed by atoms with E-state index < -0.39 is 5.92 Å². The zero-order valence-corrected chi connectivity index (χ0v) is 19.7. The molecular weight excluding hydrogens is 430 g/mol. The molecule has 2 amide bonds. The van der Waals surface area contributed by atoms with Crippen molar-refractivity contribution in [3.8, 4) is 5.75 Å². The Morgan fingerprint density at radius 2 is 1.91 bits per heavy atom. The summed E-state index contributed by atoms with van der Waals surface area (Å²) in [6.45, 7) is 4.99. The topological polar surface area (TPSA) is 71.1 Å². The Morgan fingerprint density at radius 1 is 1.12 bits per heavy atom. The Labute approximate surface area is 201 Å². The first kappa shape index (κ1) is 22.9. The smallest absolute Gasteiger partial charge is 0.254 e. The van der Waals surface area contributed by atoms with Crippen LogP contribution in [0.15, 0.2) is 48.5 Å². The van der Waals surface area contributed by atoms with Crippen LogP contribution in [0.2, 0.25) is 0 Å². The van der Waals surface area contributed by atoms with Gasteiger partial charge in [0.05, 0.1) is 32.3 Å². The molecule has 2 aromatic rings. The average Bonchev–Trinajstić information content (AvgIpc) is 3.72. The normalized spacial score (nSPS) is 22.9. The van der Waals surface area contributed by atoms with Crippen LogP contribution in [0.4, 0.5) is 0 Å². The number of ether oxygens (including phenoxy) is 2. The van der Waals surface area contributed by atoms with Crippen LogP contribution < -0.4 is 10.1 Å². The van der Waals surface area contributed by atoms with Crippen molar-refractivity contribution in [3.63, 3.8) is 0 Å². The quantitative estimate of drug-likeness (QED) is 0.610. The maximum atomic E-state index is 13.7. The van der Waals surface area contributed by atoms with Gasteiger partial charge in [0.15, 0.2) is 0 Å². The summed E-state index contributed by atoms with van der Waals surface area (Å²) < 4.78 is 10.9. The van der Waals surface area contributed by atoms with Crippen molar-refractivity contribution in [1.29, 1.82) is 0 Å². The fraction of sp³-hybridized carbons (Fsp3) is 0.481. The van der Waals surface area contributed by atoms with Crippen molar-refractivity contribution in [1.82, 2.24) is 15.1 Å². The maximum Gasteiger partial charge on any atom is 0.254 e. The van der Waals surface area contributed by atoms with E-state index in [9.17, 15) is 9.59 Å². The number of morpholine rings is 1. The van der Waals surface area contributed by atoms with Gasteiger partial charge in [-0.1, -0.05) is 30.3 Å². The average molecular weight is 464 g/mol. The van der Waals surface area contributed by atoms with Gasteiger partial charge < -0.3 is 19.7 Å². The Balaban J connectivity index is 1.42. The second kappa shape index (κ2) is 10.2. The molecule has 1 aliphatic carbocycles. The number of carbonyl (C=O) groups excluding carboxylic acids is 2. The molecule has 5 rings (SSSR count). The van der Waals surface area contributed by atoms with E-state index in [1.165, 1.54) is 0 Å². The molecule has 0 unspecified atom stereocenters. The van der Waals surface area contributed by atoms with Gasteiger partial charge in [-0.25, -0.2) is 0 Å². The van der Waals surface area contributed by atoms with Crippen LogP contribution in [0.5, 0.6) is 5.75 Å². The van der Waals surface area contributed by atoms with Crippen LogP contribution in [0.3, 0.4) is 0 Å². The van der Waals surface area contributed by atoms with Gasteiger partial charge in [-0.05, 0) is 55.1 Å². The number of carbonyl (C=O) groups is 2. The molecule has 2 heterocycles. The van der Waals surface area contributed by atoms with E-state index in [4.69, 9.17) is 9.47 Å². The lowest BCUT2D eigenvalue weighted by Gasteiger charge is -2.42. The third-order valence-corrected chi connectivity index (χ3v) is 7.09. The van der Waals surface area contributed by atoms with E-state index in [0.717, 1.165) is 69.0 Å². The third kappa shape index (κ3) is 4.68. The minimum absolute atomic E-state index is 0.0160. The molecule has 180 valence electrons. The van der Waals surface area contributed by atoms with Gasteiger partial charge in [0, 0.05) is 31.2 Å². The third-order valence-electron chi connectivity index (χ3n) is 7.09. The molecule has 2 aromatic carbocycles. The number of rotatable bonds is 8. The summed E-state index contributed by atoms with van der Waals surface area (Å²) in [5.74, 6) is 0.247. The van der Waals surface area contributed by atoms with E-state index in [-0.39, 0.29) is 23.9 Å². The van der Waals surface area contributed by atoms with Crippen LogP contribution in [0, 0.1) is 0 Å². The van der Waals surface area contributed by atoms with Crippen molar-refractivity contribution in [3.05, 3.63) is 65.2 Å². The molecule has 0 radical (unpaired) electrons. The second-order valence-corrected chi connectivity index (χ2v) is 9.33. The van der Waals surface area contributed by atoms with E-state index in [2.05, 4.69) is 10.2 Å². The van der Waals surface area contributed by atoms with Crippen molar-refractivity contribution in [2.24, 2.45) is 0 Å². The van der Waals surface area contributed by atoms with Crippen molar-refractivity contribution in [2.75, 3.05) is 46.5 Å². The highest BCUT2D eigenvalue weighted by Gasteiger charge is 2.49. The largest absolute Gasteiger partial charge is 0.497 e. The van der Waals surface area contributed by atoms with Gasteiger partial charge in [-0.3, -0.25) is 14.5 Å². The molecule has 1 saturated heterocycles. The van der Waals surface area contributed by atoms with Gasteiger partial charge in [0.2, 0.25) is 5.91 Å². The van der Waals surface area contributed by atoms with Crippen molar-refractivity contribution >= 4 is 11.8 Å². The van der Waals surface area contributed by atoms with Gasteiger partial charge in [0.1, 0.15) is 5.75 Å². The van der Waals surface area contributed by atoms with Crippen LogP contribution in [-0.2, 0) is 9.53 Å². The zero-order chi connectivity index (χ0) is 23.5. The van der Waals surface area contributed by atoms with E-state index >= 15 is 0 Å². The monoisotopic (exact) mass is 463 g/mol. The molecule has 0 spiro atoms. The molecular formula is C27H33N3O4. The Kier molecular flexibility index (Phi) is 6.83. The molecule has 1 N–H and O–H groups in total. The molecule has 2 aliphatic heterocycles. The summed E-state index contributed by atoms with van der Waals surface area (Å²) in [5, 5.41) is 3.19. The number of amides is 2. The lowest BCUT2D eigenvalue weighted by Crippen LogP contribution is -2.48. The lowest BCUT2D eigenvalue weighted by atomic mass is 9.79. The predicted octanol–water partition coefficient (Wildman–Crippen LogP) is 2.98. The van der Waals surface area contributed by atoms with Gasteiger partial charge >= 0.3 is 0 Å². The first-order valence-corrected chi connectivity index (χ1v) is 12.3. The van der Waals surface area contributed by atoms with E-state index in [0.29, 0.717) is 12.1 Å². The SMILES string of the molecule is COc1cccc([C@@H]2[C@H](C(=O)NCCCN3CCOCC3)c3ccccc3C(=O)N2C2CC2)c1. The van der Waals surface area contributed by atoms with Crippen LogP contribution >= 0.6 is 0 Å². The molecule has 2 atom stereocenters. The number of hydrogen-bond donors (Lipinski definition) is 1. The number of benzene rings is 2. The summed E-state index contributed by atoms with van der Waals surface area (Å²) in [7, 11) is 1.64. The van der Waals surface area contributed by atoms with Crippen LogP contribution in [-0.4, -0.2) is 74.2 Å². The number of methoxy groups -OCH3 is 1. The second-order valence-electron chi connectivity index (χ2n) is 9.33. The van der Waals surface area contributed by atoms with E-state index in [1.54, 1.807) is 7.11 Å². The van der Waals surface area contributed by atoms with Crippen molar-refractivity contribution < 1.29 is 19.1 Å². The molecule has 3 aliphatic rings. The summed E-state index contributed by atoms with van der Waals surface area (Å²) >= 11 is 0. The highest BCUT2D eigenvalue weighted by Crippen LogP contribution is 2.48. The fourth-order valence-corrected chi connectivity index (χ4v) is 5.22. The highest BCUT2D eigenvalue weighted by molar-refractivity contribution is 6.01. The summed E-state index contributed by atoms with van der Waals surface area (Å²) in [6, 6.07) is 15.2. The Morgan fingerprint density at radius 3 is 2.68 bits per heavy atom. The number of nitrogens with zero attached hydrogens (tertiary/aromatic N) is 2. The Hall–Kier alpha value is -2.90. The summed E-state index contributed by atoms with van der Waals surface area (Å²) in [5.41, 5.74) is 2.38. The molecule has 0 aromatic heterocycles. The Bertz CT molecular complexity index is 1030. The minimum Gasteiger partial charge on any atom is -0.497 e. The van der Waals surface area contributed by atoms with Gasteiger partial charge in [0.25, 0.3) is 5.91 Å². The van der Waals surface area contributed by atoms with Crippen LogP contribution in [0.25, 0.3) is 0 Å². The zero-order valence-electron chi connectivity index (χ0n) is 19.7.